The molecule has 2 N–H and O–H groups in total. The second-order valence-electron chi connectivity index (χ2n) is 6.94. The minimum Gasteiger partial charge on any atom is -0.495 e. The zero-order chi connectivity index (χ0) is 21.4. The van der Waals surface area contributed by atoms with Crippen LogP contribution in [0.1, 0.15) is 10.4 Å². The highest BCUT2D eigenvalue weighted by Gasteiger charge is 2.14. The fraction of sp³-hybridized carbons (Fsp3) is 0.0435. The smallest absolute Gasteiger partial charge is 0.272 e. The molecule has 0 atom stereocenters. The van der Waals surface area contributed by atoms with Crippen LogP contribution in [0.25, 0.3) is 27.5 Å². The molecule has 0 saturated carbocycles. The van der Waals surface area contributed by atoms with Crippen LogP contribution in [-0.2, 0) is 0 Å². The van der Waals surface area contributed by atoms with Crippen LogP contribution >= 0.6 is 0 Å². The van der Waals surface area contributed by atoms with E-state index in [0.29, 0.717) is 33.6 Å². The maximum Gasteiger partial charge on any atom is 0.272 e. The van der Waals surface area contributed by atoms with E-state index in [1.807, 2.05) is 30.3 Å². The number of nitrogens with zero attached hydrogens (tertiary/aromatic N) is 3. The number of methoxy groups -OCH3 is 1. The van der Waals surface area contributed by atoms with Gasteiger partial charge in [-0.15, -0.1) is 0 Å². The topological polar surface area (TPSA) is 101 Å². The number of benzene rings is 2. The summed E-state index contributed by atoms with van der Waals surface area (Å²) < 4.78 is 6.78. The van der Waals surface area contributed by atoms with Crippen molar-refractivity contribution in [3.8, 4) is 17.0 Å². The summed E-state index contributed by atoms with van der Waals surface area (Å²) in [5, 5.41) is 15.2. The molecule has 31 heavy (non-hydrogen) atoms. The van der Waals surface area contributed by atoms with Gasteiger partial charge in [0.15, 0.2) is 0 Å². The summed E-state index contributed by atoms with van der Waals surface area (Å²) in [6.45, 7) is 0. The monoisotopic (exact) mass is 411 g/mol. The lowest BCUT2D eigenvalue weighted by molar-refractivity contribution is 0.102. The van der Waals surface area contributed by atoms with E-state index in [9.17, 15) is 9.59 Å². The molecule has 8 nitrogen and oxygen atoms in total. The standard InChI is InChI=1S/C23H17N5O3/c1-31-16-10-11-20-19(12-24-28(20)13-16)22(29)25-15-8-6-14(7-9-15)21-17-4-2-3-5-18(17)23(30)27-26-21/h2-13H,1H3,(H,25,29)(H,27,30). The normalized spacial score (nSPS) is 11.0. The summed E-state index contributed by atoms with van der Waals surface area (Å²) in [4.78, 5) is 24.8. The van der Waals surface area contributed by atoms with Crippen molar-refractivity contribution in [3.63, 3.8) is 0 Å². The summed E-state index contributed by atoms with van der Waals surface area (Å²) in [5.74, 6) is 0.391. The molecule has 0 saturated heterocycles. The molecule has 0 radical (unpaired) electrons. The minimum atomic E-state index is -0.263. The van der Waals surface area contributed by atoms with Gasteiger partial charge in [0.2, 0.25) is 0 Å². The van der Waals surface area contributed by atoms with E-state index in [1.54, 1.807) is 48.2 Å². The minimum absolute atomic E-state index is 0.228. The molecule has 1 amide bonds. The third-order valence-corrected chi connectivity index (χ3v) is 5.08. The number of H-pyrrole nitrogens is 1. The quantitative estimate of drug-likeness (QED) is 0.471. The largest absolute Gasteiger partial charge is 0.495 e. The highest BCUT2D eigenvalue weighted by atomic mass is 16.5. The Kier molecular flexibility index (Phi) is 4.44. The van der Waals surface area contributed by atoms with Gasteiger partial charge in [0.05, 0.1) is 41.7 Å². The van der Waals surface area contributed by atoms with Crippen LogP contribution in [0.2, 0.25) is 0 Å². The van der Waals surface area contributed by atoms with Gasteiger partial charge in [-0.3, -0.25) is 9.59 Å². The predicted octanol–water partition coefficient (Wildman–Crippen LogP) is 3.50. The van der Waals surface area contributed by atoms with Crippen LogP contribution in [0.3, 0.4) is 0 Å². The number of ether oxygens (including phenoxy) is 1. The van der Waals surface area contributed by atoms with Crippen molar-refractivity contribution in [1.29, 1.82) is 0 Å². The van der Waals surface area contributed by atoms with Crippen molar-refractivity contribution in [2.24, 2.45) is 0 Å². The third kappa shape index (κ3) is 3.29. The van der Waals surface area contributed by atoms with E-state index < -0.39 is 0 Å². The second kappa shape index (κ2) is 7.42. The lowest BCUT2D eigenvalue weighted by Crippen LogP contribution is -2.11. The Morgan fingerprint density at radius 2 is 1.81 bits per heavy atom. The van der Waals surface area contributed by atoms with Crippen LogP contribution < -0.4 is 15.6 Å². The molecule has 0 fully saturated rings. The summed E-state index contributed by atoms with van der Waals surface area (Å²) in [6, 6.07) is 18.2. The number of hydrogen-bond acceptors (Lipinski definition) is 5. The Bertz CT molecular complexity index is 1490. The number of aromatic amines is 1. The maximum absolute atomic E-state index is 12.8. The Morgan fingerprint density at radius 3 is 2.58 bits per heavy atom. The molecule has 152 valence electrons. The summed E-state index contributed by atoms with van der Waals surface area (Å²) in [6.07, 6.45) is 3.23. The Labute approximate surface area is 176 Å². The van der Waals surface area contributed by atoms with Gasteiger partial charge in [-0.05, 0) is 30.3 Å². The number of pyridine rings is 1. The lowest BCUT2D eigenvalue weighted by Gasteiger charge is -2.08. The van der Waals surface area contributed by atoms with Gasteiger partial charge in [0, 0.05) is 16.6 Å². The molecule has 3 heterocycles. The molecule has 0 aliphatic carbocycles. The molecule has 0 aliphatic heterocycles. The first-order chi connectivity index (χ1) is 15.1. The molecule has 0 unspecified atom stereocenters. The van der Waals surface area contributed by atoms with Crippen LogP contribution in [0, 0.1) is 0 Å². The van der Waals surface area contributed by atoms with Gasteiger partial charge in [0.25, 0.3) is 11.5 Å². The summed E-state index contributed by atoms with van der Waals surface area (Å²) in [5.41, 5.74) is 3.04. The van der Waals surface area contributed by atoms with E-state index in [0.717, 1.165) is 10.9 Å². The van der Waals surface area contributed by atoms with E-state index in [-0.39, 0.29) is 11.5 Å². The van der Waals surface area contributed by atoms with Crippen molar-refractivity contribution in [2.75, 3.05) is 12.4 Å². The summed E-state index contributed by atoms with van der Waals surface area (Å²) in [7, 11) is 1.58. The van der Waals surface area contributed by atoms with E-state index in [4.69, 9.17) is 4.74 Å². The highest BCUT2D eigenvalue weighted by Crippen LogP contribution is 2.25. The average Bonchev–Trinajstić information content (AvgIpc) is 3.23. The van der Waals surface area contributed by atoms with E-state index in [1.165, 1.54) is 6.20 Å². The van der Waals surface area contributed by atoms with Crippen LogP contribution in [0.5, 0.6) is 5.75 Å². The first kappa shape index (κ1) is 18.6. The molecule has 3 aromatic heterocycles. The van der Waals surface area contributed by atoms with Crippen LogP contribution in [-0.4, -0.2) is 32.8 Å². The number of nitrogens with one attached hydrogen (secondary N) is 2. The number of hydrogen-bond donors (Lipinski definition) is 2. The van der Waals surface area contributed by atoms with Gasteiger partial charge >= 0.3 is 0 Å². The zero-order valence-electron chi connectivity index (χ0n) is 16.5. The first-order valence-corrected chi connectivity index (χ1v) is 9.54. The molecule has 0 spiro atoms. The maximum atomic E-state index is 12.8. The molecule has 0 bridgehead atoms. The number of anilines is 1. The Balaban J connectivity index is 1.42. The van der Waals surface area contributed by atoms with Gasteiger partial charge in [-0.1, -0.05) is 30.3 Å². The SMILES string of the molecule is COc1ccc2c(C(=O)Nc3ccc(-c4n[nH]c(=O)c5ccccc45)cc3)cnn2c1. The summed E-state index contributed by atoms with van der Waals surface area (Å²) >= 11 is 0. The third-order valence-electron chi connectivity index (χ3n) is 5.08. The number of rotatable bonds is 4. The number of carbonyl (C=O) groups excluding carboxylic acids is 1. The number of carbonyl (C=O) groups is 1. The second-order valence-corrected chi connectivity index (χ2v) is 6.94. The van der Waals surface area contributed by atoms with Crippen LogP contribution in [0.15, 0.2) is 77.9 Å². The molecule has 0 aliphatic rings. The van der Waals surface area contributed by atoms with Gasteiger partial charge in [-0.2, -0.15) is 10.2 Å². The van der Waals surface area contributed by atoms with E-state index >= 15 is 0 Å². The molecular formula is C23H17N5O3. The van der Waals surface area contributed by atoms with Gasteiger partial charge in [-0.25, -0.2) is 9.61 Å². The Morgan fingerprint density at radius 1 is 1.03 bits per heavy atom. The Hall–Kier alpha value is -4.46. The van der Waals surface area contributed by atoms with Crippen molar-refractivity contribution in [1.82, 2.24) is 19.8 Å². The fourth-order valence-corrected chi connectivity index (χ4v) is 3.51. The van der Waals surface area contributed by atoms with Crippen molar-refractivity contribution in [2.45, 2.75) is 0 Å². The molecule has 5 rings (SSSR count). The number of amides is 1. The first-order valence-electron chi connectivity index (χ1n) is 9.54. The zero-order valence-corrected chi connectivity index (χ0v) is 16.5. The molecule has 5 aromatic rings. The molecular weight excluding hydrogens is 394 g/mol. The van der Waals surface area contributed by atoms with Crippen molar-refractivity contribution < 1.29 is 9.53 Å². The van der Waals surface area contributed by atoms with Crippen LogP contribution in [0.4, 0.5) is 5.69 Å². The van der Waals surface area contributed by atoms with Crippen molar-refractivity contribution in [3.05, 3.63) is 89.0 Å². The van der Waals surface area contributed by atoms with Crippen molar-refractivity contribution >= 4 is 27.9 Å². The fourth-order valence-electron chi connectivity index (χ4n) is 3.51. The number of fused-ring (bicyclic) bond motifs is 2. The molecule has 2 aromatic carbocycles. The predicted molar refractivity (Wildman–Crippen MR) is 117 cm³/mol. The average molecular weight is 411 g/mol. The van der Waals surface area contributed by atoms with Gasteiger partial charge < -0.3 is 10.1 Å². The van der Waals surface area contributed by atoms with E-state index in [2.05, 4.69) is 20.6 Å². The lowest BCUT2D eigenvalue weighted by atomic mass is 10.0. The highest BCUT2D eigenvalue weighted by molar-refractivity contribution is 6.09. The molecule has 8 heteroatoms. The number of aromatic nitrogens is 4. The van der Waals surface area contributed by atoms with Gasteiger partial charge in [0.1, 0.15) is 5.75 Å².